The van der Waals surface area contributed by atoms with E-state index in [1.807, 2.05) is 0 Å². The van der Waals surface area contributed by atoms with Crippen molar-refractivity contribution in [1.82, 2.24) is 0 Å². The summed E-state index contributed by atoms with van der Waals surface area (Å²) in [6, 6.07) is 3.92. The molecule has 2 saturated carbocycles. The molecule has 2 aliphatic rings. The van der Waals surface area contributed by atoms with Crippen LogP contribution in [0.2, 0.25) is 0 Å². The molecule has 0 aliphatic heterocycles. The Kier molecular flexibility index (Phi) is 5.42. The van der Waals surface area contributed by atoms with E-state index in [2.05, 4.69) is 5.32 Å². The monoisotopic (exact) mass is 398 g/mol. The largest absolute Gasteiger partial charge is 0.501 e. The van der Waals surface area contributed by atoms with Gasteiger partial charge in [0.2, 0.25) is 5.91 Å². The summed E-state index contributed by atoms with van der Waals surface area (Å²) in [5.74, 6) is -0.252. The van der Waals surface area contributed by atoms with Crippen LogP contribution in [0.15, 0.2) is 29.2 Å². The van der Waals surface area contributed by atoms with Crippen LogP contribution in [0.4, 0.5) is 18.9 Å². The number of carbonyl (C=O) groups is 1. The molecule has 2 aliphatic carbocycles. The quantitative estimate of drug-likeness (QED) is 0.819. The zero-order chi connectivity index (χ0) is 17.7. The van der Waals surface area contributed by atoms with Crippen molar-refractivity contribution in [3.8, 4) is 0 Å². The van der Waals surface area contributed by atoms with E-state index in [1.165, 1.54) is 6.07 Å². The van der Waals surface area contributed by atoms with Crippen LogP contribution >= 0.6 is 12.4 Å². The second kappa shape index (κ2) is 6.77. The Hall–Kier alpha value is -1.32. The van der Waals surface area contributed by atoms with Crippen LogP contribution in [0.5, 0.6) is 0 Å². The third-order valence-corrected chi connectivity index (χ3v) is 6.48. The van der Waals surface area contributed by atoms with E-state index in [0.717, 1.165) is 37.5 Å². The molecule has 1 amide bonds. The predicted octanol–water partition coefficient (Wildman–Crippen LogP) is 2.71. The van der Waals surface area contributed by atoms with Crippen LogP contribution in [0.25, 0.3) is 0 Å². The van der Waals surface area contributed by atoms with Gasteiger partial charge in [0.1, 0.15) is 0 Å². The highest BCUT2D eigenvalue weighted by molar-refractivity contribution is 7.92. The van der Waals surface area contributed by atoms with E-state index in [9.17, 15) is 26.4 Å². The standard InChI is InChI=1S/C15H17F3N2O3S.ClH/c16-15(17,18)24(22,23)11-3-1-2-10(7-11)20-14(21)12-8-4-5-9(6-8)13(12)19;/h1-3,7-9,12-13H,4-6,19H2,(H,20,21);1H/t8-,9+,12-,13+;/m1./s1. The van der Waals surface area contributed by atoms with E-state index in [4.69, 9.17) is 5.73 Å². The molecule has 0 spiro atoms. The van der Waals surface area contributed by atoms with Gasteiger partial charge in [-0.05, 0) is 49.3 Å². The second-order valence-corrected chi connectivity index (χ2v) is 8.34. The van der Waals surface area contributed by atoms with E-state index in [0.29, 0.717) is 5.92 Å². The van der Waals surface area contributed by atoms with Crippen LogP contribution < -0.4 is 11.1 Å². The zero-order valence-corrected chi connectivity index (χ0v) is 14.6. The van der Waals surface area contributed by atoms with Gasteiger partial charge in [0.15, 0.2) is 0 Å². The van der Waals surface area contributed by atoms with Crippen molar-refractivity contribution in [2.45, 2.75) is 35.7 Å². The highest BCUT2D eigenvalue weighted by Crippen LogP contribution is 2.48. The number of amides is 1. The van der Waals surface area contributed by atoms with Gasteiger partial charge in [-0.1, -0.05) is 6.07 Å². The van der Waals surface area contributed by atoms with Crippen LogP contribution in [0.1, 0.15) is 19.3 Å². The van der Waals surface area contributed by atoms with Crippen LogP contribution in [-0.2, 0) is 14.6 Å². The first-order valence-electron chi connectivity index (χ1n) is 7.59. The number of sulfone groups is 1. The molecule has 0 heterocycles. The topological polar surface area (TPSA) is 89.3 Å². The summed E-state index contributed by atoms with van der Waals surface area (Å²) < 4.78 is 60.8. The maximum atomic E-state index is 12.6. The number of hydrogen-bond donors (Lipinski definition) is 2. The molecule has 5 nitrogen and oxygen atoms in total. The Morgan fingerprint density at radius 3 is 2.40 bits per heavy atom. The number of carbonyl (C=O) groups excluding carboxylic acids is 1. The number of fused-ring (bicyclic) bond motifs is 2. The fourth-order valence-electron chi connectivity index (χ4n) is 3.83. The molecule has 2 fully saturated rings. The minimum absolute atomic E-state index is 0. The van der Waals surface area contributed by atoms with Gasteiger partial charge in [-0.2, -0.15) is 13.2 Å². The van der Waals surface area contributed by atoms with Gasteiger partial charge in [0.25, 0.3) is 9.84 Å². The molecule has 0 radical (unpaired) electrons. The summed E-state index contributed by atoms with van der Waals surface area (Å²) in [5, 5.41) is 2.51. The van der Waals surface area contributed by atoms with Crippen molar-refractivity contribution >= 4 is 33.8 Å². The Morgan fingerprint density at radius 1 is 1.20 bits per heavy atom. The molecule has 4 atom stereocenters. The molecule has 3 rings (SSSR count). The summed E-state index contributed by atoms with van der Waals surface area (Å²) in [6.07, 6.45) is 2.80. The van der Waals surface area contributed by atoms with Crippen molar-refractivity contribution in [3.05, 3.63) is 24.3 Å². The Bertz CT molecular complexity index is 768. The number of alkyl halides is 3. The molecule has 1 aromatic rings. The summed E-state index contributed by atoms with van der Waals surface area (Å²) in [4.78, 5) is 11.5. The molecule has 0 unspecified atom stereocenters. The minimum atomic E-state index is -5.45. The number of rotatable bonds is 3. The van der Waals surface area contributed by atoms with Gasteiger partial charge in [0, 0.05) is 11.7 Å². The molecular weight excluding hydrogens is 381 g/mol. The van der Waals surface area contributed by atoms with E-state index < -0.39 is 20.2 Å². The second-order valence-electron chi connectivity index (χ2n) is 6.40. The average molecular weight is 399 g/mol. The first kappa shape index (κ1) is 20.0. The zero-order valence-electron chi connectivity index (χ0n) is 13.0. The van der Waals surface area contributed by atoms with Crippen molar-refractivity contribution < 1.29 is 26.4 Å². The normalized spacial score (nSPS) is 28.5. The lowest BCUT2D eigenvalue weighted by atomic mass is 9.84. The molecule has 2 bridgehead atoms. The van der Waals surface area contributed by atoms with Crippen LogP contribution in [0.3, 0.4) is 0 Å². The first-order chi connectivity index (χ1) is 11.1. The molecule has 0 saturated heterocycles. The minimum Gasteiger partial charge on any atom is -0.327 e. The van der Waals surface area contributed by atoms with Gasteiger partial charge in [-0.15, -0.1) is 12.4 Å². The molecule has 0 aromatic heterocycles. The Balaban J connectivity index is 0.00000225. The summed E-state index contributed by atoms with van der Waals surface area (Å²) in [5.41, 5.74) is 0.697. The number of halogens is 4. The Morgan fingerprint density at radius 2 is 1.84 bits per heavy atom. The fourth-order valence-corrected chi connectivity index (χ4v) is 4.63. The van der Waals surface area contributed by atoms with Gasteiger partial charge in [0.05, 0.1) is 10.8 Å². The molecule has 3 N–H and O–H groups in total. The maximum absolute atomic E-state index is 12.6. The molecule has 1 aromatic carbocycles. The molecule has 10 heteroatoms. The number of nitrogens with two attached hydrogens (primary N) is 1. The summed E-state index contributed by atoms with van der Waals surface area (Å²) in [7, 11) is -5.45. The third-order valence-electron chi connectivity index (χ3n) is 5.00. The highest BCUT2D eigenvalue weighted by atomic mass is 35.5. The number of nitrogens with one attached hydrogen (secondary N) is 1. The van der Waals surface area contributed by atoms with Crippen molar-refractivity contribution in [2.24, 2.45) is 23.5 Å². The smallest absolute Gasteiger partial charge is 0.327 e. The summed E-state index contributed by atoms with van der Waals surface area (Å²) in [6.45, 7) is 0. The number of anilines is 1. The fraction of sp³-hybridized carbons (Fsp3) is 0.533. The van der Waals surface area contributed by atoms with Crippen LogP contribution in [0, 0.1) is 17.8 Å². The van der Waals surface area contributed by atoms with Crippen LogP contribution in [-0.4, -0.2) is 25.9 Å². The van der Waals surface area contributed by atoms with Gasteiger partial charge in [-0.3, -0.25) is 4.79 Å². The van der Waals surface area contributed by atoms with Gasteiger partial charge < -0.3 is 11.1 Å². The first-order valence-corrected chi connectivity index (χ1v) is 9.07. The highest BCUT2D eigenvalue weighted by Gasteiger charge is 2.49. The molecule has 140 valence electrons. The molecule has 25 heavy (non-hydrogen) atoms. The van der Waals surface area contributed by atoms with E-state index in [1.54, 1.807) is 0 Å². The predicted molar refractivity (Wildman–Crippen MR) is 87.9 cm³/mol. The Labute approximate surface area is 149 Å². The van der Waals surface area contributed by atoms with Gasteiger partial charge in [-0.25, -0.2) is 8.42 Å². The summed E-state index contributed by atoms with van der Waals surface area (Å²) >= 11 is 0. The maximum Gasteiger partial charge on any atom is 0.501 e. The van der Waals surface area contributed by atoms with Crippen molar-refractivity contribution in [2.75, 3.05) is 5.32 Å². The number of hydrogen-bond acceptors (Lipinski definition) is 4. The SMILES string of the molecule is Cl.N[C@H]1[C@H]2CC[C@H](C2)[C@H]1C(=O)Nc1cccc(S(=O)(=O)C(F)(F)F)c1. The van der Waals surface area contributed by atoms with E-state index >= 15 is 0 Å². The van der Waals surface area contributed by atoms with Crippen molar-refractivity contribution in [1.29, 1.82) is 0 Å². The lowest BCUT2D eigenvalue weighted by Gasteiger charge is -2.27. The van der Waals surface area contributed by atoms with Gasteiger partial charge >= 0.3 is 5.51 Å². The average Bonchev–Trinajstić information content (AvgIpc) is 3.07. The third kappa shape index (κ3) is 3.50. The lowest BCUT2D eigenvalue weighted by Crippen LogP contribution is -2.42. The molecular formula is C15H18ClF3N2O3S. The number of benzene rings is 1. The van der Waals surface area contributed by atoms with Crippen molar-refractivity contribution in [3.63, 3.8) is 0 Å². The lowest BCUT2D eigenvalue weighted by molar-refractivity contribution is -0.121. The van der Waals surface area contributed by atoms with E-state index in [-0.39, 0.29) is 41.9 Å².